The normalized spacial score (nSPS) is 11.5. The van der Waals surface area contributed by atoms with Crippen LogP contribution in [0.4, 0.5) is 0 Å². The second kappa shape index (κ2) is 12.1. The van der Waals surface area contributed by atoms with Gasteiger partial charge in [-0.15, -0.1) is 0 Å². The van der Waals surface area contributed by atoms with E-state index in [2.05, 4.69) is 12.1 Å². The van der Waals surface area contributed by atoms with Crippen molar-refractivity contribution in [2.75, 3.05) is 0 Å². The van der Waals surface area contributed by atoms with Gasteiger partial charge in [0, 0.05) is 40.9 Å². The van der Waals surface area contributed by atoms with E-state index in [0.29, 0.717) is 23.1 Å². The molecular weight excluding hydrogens is 464 g/mol. The maximum absolute atomic E-state index is 13.6. The zero-order chi connectivity index (χ0) is 26.2. The van der Waals surface area contributed by atoms with Crippen LogP contribution in [0.5, 0.6) is 0 Å². The first-order valence-electron chi connectivity index (χ1n) is 12.6. The molecule has 188 valence electrons. The highest BCUT2D eigenvalue weighted by molar-refractivity contribution is 6.47. The number of Topliss-reactive ketones (excluding diaryl/α,β-unsaturated/α-hetero) is 1. The topological polar surface area (TPSA) is 77.7 Å². The summed E-state index contributed by atoms with van der Waals surface area (Å²) in [5.74, 6) is -0.871. The lowest BCUT2D eigenvalue weighted by molar-refractivity contribution is -0.140. The summed E-state index contributed by atoms with van der Waals surface area (Å²) >= 11 is 0. The second-order valence-corrected chi connectivity index (χ2v) is 8.93. The lowest BCUT2D eigenvalue weighted by atomic mass is 10.0. The first kappa shape index (κ1) is 25.8. The molecule has 6 nitrogen and oxygen atoms in total. The molecule has 6 heteroatoms. The number of unbranched alkanes of at least 4 members (excludes halogenated alkanes) is 3. The van der Waals surface area contributed by atoms with Crippen LogP contribution >= 0.6 is 0 Å². The first-order chi connectivity index (χ1) is 18.0. The fraction of sp³-hybridized carbons (Fsp3) is 0.226. The van der Waals surface area contributed by atoms with Gasteiger partial charge in [0.05, 0.1) is 5.52 Å². The SMILES string of the molecule is CCCCCCC(=NOC(C)=O)C(=O)c1cn(-c2ccc(C(=O)c3ccccc3)cc2)c2ccccc12. The van der Waals surface area contributed by atoms with Crippen molar-refractivity contribution in [2.45, 2.75) is 46.0 Å². The van der Waals surface area contributed by atoms with E-state index in [1.807, 2.05) is 59.2 Å². The highest BCUT2D eigenvalue weighted by atomic mass is 16.7. The summed E-state index contributed by atoms with van der Waals surface area (Å²) in [6.07, 6.45) is 6.12. The summed E-state index contributed by atoms with van der Waals surface area (Å²) < 4.78 is 1.93. The minimum absolute atomic E-state index is 0.0465. The lowest BCUT2D eigenvalue weighted by Crippen LogP contribution is -2.15. The van der Waals surface area contributed by atoms with Gasteiger partial charge < -0.3 is 9.40 Å². The molecule has 0 saturated carbocycles. The minimum atomic E-state index is -0.563. The molecule has 0 fully saturated rings. The van der Waals surface area contributed by atoms with Crippen molar-refractivity contribution in [2.24, 2.45) is 5.16 Å². The van der Waals surface area contributed by atoms with Crippen LogP contribution < -0.4 is 0 Å². The van der Waals surface area contributed by atoms with Gasteiger partial charge in [-0.2, -0.15) is 0 Å². The molecule has 1 heterocycles. The van der Waals surface area contributed by atoms with Gasteiger partial charge in [0.1, 0.15) is 5.71 Å². The predicted octanol–water partition coefficient (Wildman–Crippen LogP) is 6.93. The van der Waals surface area contributed by atoms with Crippen LogP contribution in [0.25, 0.3) is 16.6 Å². The summed E-state index contributed by atoms with van der Waals surface area (Å²) in [4.78, 5) is 42.7. The van der Waals surface area contributed by atoms with Crippen LogP contribution in [-0.2, 0) is 9.63 Å². The van der Waals surface area contributed by atoms with Crippen molar-refractivity contribution in [1.29, 1.82) is 0 Å². The van der Waals surface area contributed by atoms with Gasteiger partial charge in [0.25, 0.3) is 0 Å². The molecule has 0 unspecified atom stereocenters. The summed E-state index contributed by atoms with van der Waals surface area (Å²) in [6.45, 7) is 3.39. The maximum atomic E-state index is 13.6. The average Bonchev–Trinajstić information content (AvgIpc) is 3.32. The molecule has 0 atom stereocenters. The molecule has 0 radical (unpaired) electrons. The number of fused-ring (bicyclic) bond motifs is 1. The van der Waals surface area contributed by atoms with Crippen LogP contribution in [0.2, 0.25) is 0 Å². The summed E-state index contributed by atoms with van der Waals surface area (Å²) in [5.41, 5.74) is 3.62. The molecule has 4 aromatic rings. The van der Waals surface area contributed by atoms with E-state index in [0.717, 1.165) is 42.3 Å². The maximum Gasteiger partial charge on any atom is 0.331 e. The van der Waals surface area contributed by atoms with E-state index >= 15 is 0 Å². The minimum Gasteiger partial charge on any atom is -0.318 e. The average molecular weight is 495 g/mol. The van der Waals surface area contributed by atoms with Crippen LogP contribution in [0.15, 0.2) is 90.2 Å². The number of rotatable bonds is 11. The van der Waals surface area contributed by atoms with Gasteiger partial charge in [0.2, 0.25) is 5.78 Å². The van der Waals surface area contributed by atoms with Crippen molar-refractivity contribution in [1.82, 2.24) is 4.57 Å². The van der Waals surface area contributed by atoms with Crippen molar-refractivity contribution in [3.63, 3.8) is 0 Å². The fourth-order valence-electron chi connectivity index (χ4n) is 4.30. The molecule has 0 aliphatic heterocycles. The van der Waals surface area contributed by atoms with E-state index in [-0.39, 0.29) is 17.3 Å². The Hall–Kier alpha value is -4.32. The Morgan fingerprint density at radius 2 is 1.49 bits per heavy atom. The Labute approximate surface area is 216 Å². The van der Waals surface area contributed by atoms with E-state index in [1.165, 1.54) is 6.92 Å². The van der Waals surface area contributed by atoms with Gasteiger partial charge in [0.15, 0.2) is 5.78 Å². The zero-order valence-electron chi connectivity index (χ0n) is 21.1. The number of nitrogens with zero attached hydrogens (tertiary/aromatic N) is 2. The monoisotopic (exact) mass is 494 g/mol. The molecule has 3 aromatic carbocycles. The number of benzene rings is 3. The van der Waals surface area contributed by atoms with Gasteiger partial charge >= 0.3 is 5.97 Å². The predicted molar refractivity (Wildman–Crippen MR) is 145 cm³/mol. The molecule has 0 N–H and O–H groups in total. The second-order valence-electron chi connectivity index (χ2n) is 8.93. The lowest BCUT2D eigenvalue weighted by Gasteiger charge is -2.07. The van der Waals surface area contributed by atoms with E-state index in [4.69, 9.17) is 4.84 Å². The van der Waals surface area contributed by atoms with Crippen molar-refractivity contribution in [3.05, 3.63) is 102 Å². The number of carbonyl (C=O) groups excluding carboxylic acids is 3. The number of carbonyl (C=O) groups is 3. The third-order valence-electron chi connectivity index (χ3n) is 6.21. The Balaban J connectivity index is 1.67. The molecule has 37 heavy (non-hydrogen) atoms. The molecule has 0 saturated heterocycles. The molecule has 0 aliphatic rings. The van der Waals surface area contributed by atoms with E-state index in [1.54, 1.807) is 30.5 Å². The van der Waals surface area contributed by atoms with Crippen LogP contribution in [0.1, 0.15) is 72.2 Å². The number of hydrogen-bond acceptors (Lipinski definition) is 5. The molecule has 0 aliphatic carbocycles. The standard InChI is InChI=1S/C31H30N2O4/c1-3-4-5-9-15-28(32-37-22(2)34)31(36)27-21-33(29-16-11-10-14-26(27)29)25-19-17-24(18-20-25)30(35)23-12-7-6-8-13-23/h6-8,10-14,16-21H,3-5,9,15H2,1-2H3. The molecular formula is C31H30N2O4. The van der Waals surface area contributed by atoms with Gasteiger partial charge in [-0.1, -0.05) is 79.9 Å². The first-order valence-corrected chi connectivity index (χ1v) is 12.6. The van der Waals surface area contributed by atoms with Crippen LogP contribution in [0.3, 0.4) is 0 Å². The van der Waals surface area contributed by atoms with Gasteiger partial charge in [-0.3, -0.25) is 9.59 Å². The molecule has 0 amide bonds. The molecule has 0 bridgehead atoms. The summed E-state index contributed by atoms with van der Waals surface area (Å²) in [6, 6.07) is 24.1. The number of aromatic nitrogens is 1. The van der Waals surface area contributed by atoms with Crippen molar-refractivity contribution < 1.29 is 19.2 Å². The molecule has 4 rings (SSSR count). The van der Waals surface area contributed by atoms with Crippen LogP contribution in [0, 0.1) is 0 Å². The number of oxime groups is 1. The quantitative estimate of drug-likeness (QED) is 0.0744. The summed E-state index contributed by atoms with van der Waals surface area (Å²) in [7, 11) is 0. The molecule has 1 aromatic heterocycles. The molecule has 0 spiro atoms. The number of ketones is 2. The third kappa shape index (κ3) is 6.09. The van der Waals surface area contributed by atoms with E-state index in [9.17, 15) is 14.4 Å². The fourth-order valence-corrected chi connectivity index (χ4v) is 4.30. The number of hydrogen-bond donors (Lipinski definition) is 0. The Morgan fingerprint density at radius 1 is 0.811 bits per heavy atom. The Kier molecular flexibility index (Phi) is 8.41. The van der Waals surface area contributed by atoms with Crippen molar-refractivity contribution >= 4 is 34.2 Å². The van der Waals surface area contributed by atoms with Crippen LogP contribution in [-0.4, -0.2) is 27.8 Å². The Bertz CT molecular complexity index is 1430. The van der Waals surface area contributed by atoms with E-state index < -0.39 is 5.97 Å². The smallest absolute Gasteiger partial charge is 0.318 e. The Morgan fingerprint density at radius 3 is 2.19 bits per heavy atom. The third-order valence-corrected chi connectivity index (χ3v) is 6.21. The summed E-state index contributed by atoms with van der Waals surface area (Å²) in [5, 5.41) is 4.70. The van der Waals surface area contributed by atoms with Gasteiger partial charge in [-0.05, 0) is 43.2 Å². The highest BCUT2D eigenvalue weighted by Gasteiger charge is 2.21. The largest absolute Gasteiger partial charge is 0.331 e. The van der Waals surface area contributed by atoms with Crippen molar-refractivity contribution in [3.8, 4) is 5.69 Å². The zero-order valence-corrected chi connectivity index (χ0v) is 21.1. The highest BCUT2D eigenvalue weighted by Crippen LogP contribution is 2.27. The van der Waals surface area contributed by atoms with Gasteiger partial charge in [-0.25, -0.2) is 4.79 Å². The number of para-hydroxylation sites is 1.